The lowest BCUT2D eigenvalue weighted by Gasteiger charge is -2.14. The summed E-state index contributed by atoms with van der Waals surface area (Å²) in [6, 6.07) is 8.94. The molecule has 8 nitrogen and oxygen atoms in total. The predicted octanol–water partition coefficient (Wildman–Crippen LogP) is 4.52. The Balaban J connectivity index is 2.00. The van der Waals surface area contributed by atoms with Crippen molar-refractivity contribution in [3.05, 3.63) is 69.3 Å². The number of benzene rings is 2. The summed E-state index contributed by atoms with van der Waals surface area (Å²) < 4.78 is 28.6. The van der Waals surface area contributed by atoms with Crippen LogP contribution in [-0.4, -0.2) is 19.1 Å². The number of hydrogen-bond acceptors (Lipinski definition) is 6. The van der Waals surface area contributed by atoms with E-state index >= 15 is 0 Å². The van der Waals surface area contributed by atoms with Gasteiger partial charge in [0.25, 0.3) is 15.7 Å². The fourth-order valence-electron chi connectivity index (χ4n) is 3.04. The number of rotatable bonds is 6. The minimum atomic E-state index is -4.09. The number of nitro groups is 1. The van der Waals surface area contributed by atoms with Gasteiger partial charge in [-0.05, 0) is 57.4 Å². The number of nitrogens with one attached hydrogen (secondary N) is 2. The number of hydrogen-bond donors (Lipinski definition) is 2. The Labute approximate surface area is 169 Å². The van der Waals surface area contributed by atoms with E-state index in [4.69, 9.17) is 0 Å². The van der Waals surface area contributed by atoms with Crippen LogP contribution in [0.2, 0.25) is 0 Å². The van der Waals surface area contributed by atoms with Gasteiger partial charge in [0.05, 0.1) is 22.0 Å². The van der Waals surface area contributed by atoms with Gasteiger partial charge in [0.2, 0.25) is 0 Å². The Kier molecular flexibility index (Phi) is 5.69. The van der Waals surface area contributed by atoms with Crippen molar-refractivity contribution in [3.8, 4) is 0 Å². The van der Waals surface area contributed by atoms with E-state index in [1.165, 1.54) is 17.7 Å². The molecule has 29 heavy (non-hydrogen) atoms. The SMILES string of the molecule is CC1=C/C(=N\Nc2ccc([N+](=O)[O-])cc2S(=O)(=O)Nc2ccc(C)cc2C)CC1. The molecule has 0 aromatic heterocycles. The number of sulfonamides is 1. The number of allylic oxidation sites excluding steroid dienone is 2. The van der Waals surface area contributed by atoms with Crippen molar-refractivity contribution in [2.24, 2.45) is 5.10 Å². The van der Waals surface area contributed by atoms with Crippen molar-refractivity contribution < 1.29 is 13.3 Å². The van der Waals surface area contributed by atoms with Crippen LogP contribution in [0, 0.1) is 24.0 Å². The van der Waals surface area contributed by atoms with Crippen LogP contribution in [0.25, 0.3) is 0 Å². The van der Waals surface area contributed by atoms with Crippen molar-refractivity contribution in [2.75, 3.05) is 10.1 Å². The summed E-state index contributed by atoms with van der Waals surface area (Å²) in [6.07, 6.45) is 3.59. The molecule has 1 aliphatic rings. The largest absolute Gasteiger partial charge is 0.279 e. The van der Waals surface area contributed by atoms with Gasteiger partial charge in [-0.15, -0.1) is 0 Å². The highest BCUT2D eigenvalue weighted by Crippen LogP contribution is 2.29. The van der Waals surface area contributed by atoms with E-state index in [1.807, 2.05) is 26.0 Å². The highest BCUT2D eigenvalue weighted by atomic mass is 32.2. The molecule has 2 aromatic rings. The highest BCUT2D eigenvalue weighted by molar-refractivity contribution is 7.92. The molecular formula is C20H22N4O4S. The minimum Gasteiger partial charge on any atom is -0.279 e. The first-order valence-corrected chi connectivity index (χ1v) is 10.5. The zero-order chi connectivity index (χ0) is 21.2. The molecule has 152 valence electrons. The molecule has 0 heterocycles. The van der Waals surface area contributed by atoms with Crippen LogP contribution in [0.1, 0.15) is 30.9 Å². The average Bonchev–Trinajstić information content (AvgIpc) is 3.07. The monoisotopic (exact) mass is 414 g/mol. The second-order valence-corrected chi connectivity index (χ2v) is 8.72. The second kappa shape index (κ2) is 8.04. The van der Waals surface area contributed by atoms with Crippen molar-refractivity contribution >= 4 is 32.8 Å². The zero-order valence-corrected chi connectivity index (χ0v) is 17.2. The van der Waals surface area contributed by atoms with E-state index in [0.29, 0.717) is 5.69 Å². The molecule has 9 heteroatoms. The standard InChI is InChI=1S/C20H22N4O4S/c1-13-5-8-18(15(3)10-13)23-29(27,28)20-12-17(24(25)26)7-9-19(20)22-21-16-6-4-14(2)11-16/h5,7-12,22-23H,4,6H2,1-3H3/b21-16-. The van der Waals surface area contributed by atoms with Crippen molar-refractivity contribution in [1.82, 2.24) is 0 Å². The predicted molar refractivity (Wildman–Crippen MR) is 114 cm³/mol. The summed E-state index contributed by atoms with van der Waals surface area (Å²) in [5.74, 6) is 0. The smallest absolute Gasteiger partial charge is 0.270 e. The highest BCUT2D eigenvalue weighted by Gasteiger charge is 2.23. The molecule has 1 aliphatic carbocycles. The minimum absolute atomic E-state index is 0.165. The molecule has 3 rings (SSSR count). The Morgan fingerprint density at radius 2 is 1.76 bits per heavy atom. The molecule has 2 aromatic carbocycles. The summed E-state index contributed by atoms with van der Waals surface area (Å²) >= 11 is 0. The lowest BCUT2D eigenvalue weighted by molar-refractivity contribution is -0.385. The average molecular weight is 414 g/mol. The van der Waals surface area contributed by atoms with Gasteiger partial charge in [-0.1, -0.05) is 23.3 Å². The summed E-state index contributed by atoms with van der Waals surface area (Å²) in [7, 11) is -4.09. The van der Waals surface area contributed by atoms with Crippen LogP contribution < -0.4 is 10.1 Å². The third kappa shape index (κ3) is 4.80. The van der Waals surface area contributed by atoms with Crippen LogP contribution in [0.3, 0.4) is 0 Å². The molecule has 0 radical (unpaired) electrons. The molecule has 0 amide bonds. The van der Waals surface area contributed by atoms with Crippen LogP contribution in [0.5, 0.6) is 0 Å². The van der Waals surface area contributed by atoms with E-state index in [1.54, 1.807) is 19.1 Å². The Morgan fingerprint density at radius 1 is 1.03 bits per heavy atom. The molecule has 0 atom stereocenters. The van der Waals surface area contributed by atoms with Crippen molar-refractivity contribution in [1.29, 1.82) is 0 Å². The Morgan fingerprint density at radius 3 is 2.38 bits per heavy atom. The lowest BCUT2D eigenvalue weighted by atomic mass is 10.1. The normalized spacial score (nSPS) is 15.3. The van der Waals surface area contributed by atoms with Gasteiger partial charge in [-0.25, -0.2) is 8.42 Å². The number of nitro benzene ring substituents is 1. The maximum absolute atomic E-state index is 13.0. The Hall–Kier alpha value is -3.20. The van der Waals surface area contributed by atoms with Gasteiger partial charge < -0.3 is 0 Å². The van der Waals surface area contributed by atoms with Crippen LogP contribution in [-0.2, 0) is 10.0 Å². The van der Waals surface area contributed by atoms with Crippen LogP contribution >= 0.6 is 0 Å². The molecule has 0 aliphatic heterocycles. The van der Waals surface area contributed by atoms with Gasteiger partial charge in [0.1, 0.15) is 4.90 Å². The summed E-state index contributed by atoms with van der Waals surface area (Å²) in [4.78, 5) is 10.3. The van der Waals surface area contributed by atoms with E-state index in [2.05, 4.69) is 15.2 Å². The second-order valence-electron chi connectivity index (χ2n) is 7.07. The number of anilines is 2. The molecule has 0 saturated heterocycles. The summed E-state index contributed by atoms with van der Waals surface area (Å²) in [5, 5.41) is 15.4. The fourth-order valence-corrected chi connectivity index (χ4v) is 4.35. The van der Waals surface area contributed by atoms with E-state index in [-0.39, 0.29) is 16.3 Å². The number of nitrogens with zero attached hydrogens (tertiary/aromatic N) is 2. The maximum Gasteiger partial charge on any atom is 0.270 e. The van der Waals surface area contributed by atoms with Gasteiger partial charge in [0, 0.05) is 12.1 Å². The number of non-ortho nitro benzene ring substituents is 1. The maximum atomic E-state index is 13.0. The molecule has 2 N–H and O–H groups in total. The molecule has 0 fully saturated rings. The van der Waals surface area contributed by atoms with Gasteiger partial charge in [-0.3, -0.25) is 20.3 Å². The van der Waals surface area contributed by atoms with Gasteiger partial charge >= 0.3 is 0 Å². The van der Waals surface area contributed by atoms with Crippen molar-refractivity contribution in [3.63, 3.8) is 0 Å². The molecular weight excluding hydrogens is 392 g/mol. The first-order valence-electron chi connectivity index (χ1n) is 9.04. The van der Waals surface area contributed by atoms with E-state index in [9.17, 15) is 18.5 Å². The molecule has 0 bridgehead atoms. The fraction of sp³-hybridized carbons (Fsp3) is 0.250. The summed E-state index contributed by atoms with van der Waals surface area (Å²) in [6.45, 7) is 5.70. The quantitative estimate of drug-likeness (QED) is 0.533. The Bertz CT molecular complexity index is 1140. The number of aryl methyl sites for hydroxylation is 2. The van der Waals surface area contributed by atoms with Crippen LogP contribution in [0.15, 0.2) is 58.0 Å². The third-order valence-electron chi connectivity index (χ3n) is 4.60. The van der Waals surface area contributed by atoms with Gasteiger partial charge in [0.15, 0.2) is 0 Å². The summed E-state index contributed by atoms with van der Waals surface area (Å²) in [5.41, 5.74) is 6.76. The zero-order valence-electron chi connectivity index (χ0n) is 16.4. The lowest BCUT2D eigenvalue weighted by Crippen LogP contribution is -2.16. The van der Waals surface area contributed by atoms with Crippen LogP contribution in [0.4, 0.5) is 17.1 Å². The van der Waals surface area contributed by atoms with E-state index < -0.39 is 14.9 Å². The van der Waals surface area contributed by atoms with Gasteiger partial charge in [-0.2, -0.15) is 5.10 Å². The molecule has 0 spiro atoms. The molecule has 0 unspecified atom stereocenters. The van der Waals surface area contributed by atoms with Crippen molar-refractivity contribution in [2.45, 2.75) is 38.5 Å². The molecule has 0 saturated carbocycles. The first kappa shape index (κ1) is 20.5. The third-order valence-corrected chi connectivity index (χ3v) is 6.01. The number of hydrazone groups is 1. The topological polar surface area (TPSA) is 114 Å². The first-order chi connectivity index (χ1) is 13.7. The van der Waals surface area contributed by atoms with E-state index in [0.717, 1.165) is 35.7 Å².